The average molecular weight is 428 g/mol. The molecule has 0 saturated heterocycles. The smallest absolute Gasteiger partial charge is 0.251 e. The number of rotatable bonds is 7. The van der Waals surface area contributed by atoms with Crippen LogP contribution in [0.5, 0.6) is 0 Å². The van der Waals surface area contributed by atoms with E-state index in [1.165, 1.54) is 36.0 Å². The normalized spacial score (nSPS) is 10.7. The number of nitrogens with zero attached hydrogens (tertiary/aromatic N) is 3. The summed E-state index contributed by atoms with van der Waals surface area (Å²) in [7, 11) is 1.77. The molecule has 0 aliphatic heterocycles. The minimum Gasteiger partial charge on any atom is -0.345 e. The zero-order valence-corrected chi connectivity index (χ0v) is 17.7. The van der Waals surface area contributed by atoms with Crippen LogP contribution in [-0.2, 0) is 18.4 Å². The van der Waals surface area contributed by atoms with Crippen LogP contribution in [0.25, 0.3) is 0 Å². The lowest BCUT2D eigenvalue weighted by Crippen LogP contribution is -2.24. The minimum atomic E-state index is -0.400. The van der Waals surface area contributed by atoms with Gasteiger partial charge in [-0.05, 0) is 49.7 Å². The van der Waals surface area contributed by atoms with Crippen LogP contribution in [0.2, 0.25) is 0 Å². The number of benzene rings is 2. The van der Waals surface area contributed by atoms with Crippen LogP contribution in [0.1, 0.15) is 27.3 Å². The Morgan fingerprint density at radius 2 is 1.83 bits per heavy atom. The van der Waals surface area contributed by atoms with Gasteiger partial charge in [0.15, 0.2) is 11.0 Å². The van der Waals surface area contributed by atoms with Crippen LogP contribution in [0.4, 0.5) is 10.1 Å². The van der Waals surface area contributed by atoms with Crippen molar-refractivity contribution in [3.8, 4) is 0 Å². The molecule has 2 amide bonds. The molecule has 3 aromatic rings. The minimum absolute atomic E-state index is 0.138. The summed E-state index contributed by atoms with van der Waals surface area (Å²) in [6.07, 6.45) is 0. The Hall–Kier alpha value is -3.20. The summed E-state index contributed by atoms with van der Waals surface area (Å²) in [6.45, 7) is 4.11. The standard InChI is InChI=1S/C21H22FN5O2S/c1-13-4-9-17(14(2)10-13)24-19(28)12-30-21-26-25-18(27(21)3)11-23-20(29)15-5-7-16(22)8-6-15/h4-10H,11-12H2,1-3H3,(H,23,29)(H,24,28). The van der Waals surface area contributed by atoms with Crippen LogP contribution >= 0.6 is 11.8 Å². The van der Waals surface area contributed by atoms with Crippen molar-refractivity contribution in [3.63, 3.8) is 0 Å². The number of nitrogens with one attached hydrogen (secondary N) is 2. The maximum Gasteiger partial charge on any atom is 0.251 e. The summed E-state index contributed by atoms with van der Waals surface area (Å²) in [6, 6.07) is 11.1. The Labute approximate surface area is 178 Å². The van der Waals surface area contributed by atoms with Crippen molar-refractivity contribution in [2.24, 2.45) is 7.05 Å². The molecule has 0 aliphatic carbocycles. The largest absolute Gasteiger partial charge is 0.345 e. The second kappa shape index (κ2) is 9.53. The number of carbonyl (C=O) groups is 2. The van der Waals surface area contributed by atoms with Gasteiger partial charge in [0.05, 0.1) is 12.3 Å². The van der Waals surface area contributed by atoms with E-state index in [1.54, 1.807) is 11.6 Å². The molecule has 2 N–H and O–H groups in total. The predicted molar refractivity (Wildman–Crippen MR) is 114 cm³/mol. The van der Waals surface area contributed by atoms with E-state index in [-0.39, 0.29) is 24.1 Å². The number of hydrogen-bond donors (Lipinski definition) is 2. The number of aromatic nitrogens is 3. The topological polar surface area (TPSA) is 88.9 Å². The first-order valence-corrected chi connectivity index (χ1v) is 10.2. The van der Waals surface area contributed by atoms with Crippen LogP contribution in [-0.4, -0.2) is 32.3 Å². The molecule has 9 heteroatoms. The molecular formula is C21H22FN5O2S. The van der Waals surface area contributed by atoms with E-state index in [2.05, 4.69) is 20.8 Å². The van der Waals surface area contributed by atoms with Gasteiger partial charge in [0, 0.05) is 18.3 Å². The highest BCUT2D eigenvalue weighted by Gasteiger charge is 2.13. The van der Waals surface area contributed by atoms with Gasteiger partial charge in [-0.1, -0.05) is 29.5 Å². The molecule has 30 heavy (non-hydrogen) atoms. The van der Waals surface area contributed by atoms with Crippen molar-refractivity contribution >= 4 is 29.3 Å². The van der Waals surface area contributed by atoms with E-state index in [0.29, 0.717) is 16.5 Å². The summed E-state index contributed by atoms with van der Waals surface area (Å²) < 4.78 is 14.7. The van der Waals surface area contributed by atoms with Gasteiger partial charge >= 0.3 is 0 Å². The Kier molecular flexibility index (Phi) is 6.83. The van der Waals surface area contributed by atoms with E-state index >= 15 is 0 Å². The van der Waals surface area contributed by atoms with Crippen molar-refractivity contribution in [2.75, 3.05) is 11.1 Å². The molecule has 2 aromatic carbocycles. The second-order valence-corrected chi connectivity index (χ2v) is 7.75. The molecule has 0 atom stereocenters. The monoisotopic (exact) mass is 427 g/mol. The van der Waals surface area contributed by atoms with Crippen molar-refractivity contribution in [1.29, 1.82) is 0 Å². The van der Waals surface area contributed by atoms with E-state index < -0.39 is 5.82 Å². The highest BCUT2D eigenvalue weighted by atomic mass is 32.2. The quantitative estimate of drug-likeness (QED) is 0.565. The maximum atomic E-state index is 13.0. The lowest BCUT2D eigenvalue weighted by atomic mass is 10.1. The van der Waals surface area contributed by atoms with Gasteiger partial charge in [-0.25, -0.2) is 4.39 Å². The molecule has 0 spiro atoms. The van der Waals surface area contributed by atoms with Gasteiger partial charge in [-0.2, -0.15) is 0 Å². The Morgan fingerprint density at radius 1 is 1.10 bits per heavy atom. The fraction of sp³-hybridized carbons (Fsp3) is 0.238. The molecule has 3 rings (SSSR count). The second-order valence-electron chi connectivity index (χ2n) is 6.80. The van der Waals surface area contributed by atoms with Crippen molar-refractivity contribution < 1.29 is 14.0 Å². The number of thioether (sulfide) groups is 1. The van der Waals surface area contributed by atoms with E-state index in [9.17, 15) is 14.0 Å². The third kappa shape index (κ3) is 5.44. The van der Waals surface area contributed by atoms with E-state index in [4.69, 9.17) is 0 Å². The Morgan fingerprint density at radius 3 is 2.53 bits per heavy atom. The highest BCUT2D eigenvalue weighted by Crippen LogP contribution is 2.19. The fourth-order valence-corrected chi connectivity index (χ4v) is 3.49. The molecular weight excluding hydrogens is 405 g/mol. The van der Waals surface area contributed by atoms with Gasteiger partial charge in [0.1, 0.15) is 5.82 Å². The van der Waals surface area contributed by atoms with Crippen molar-refractivity contribution in [2.45, 2.75) is 25.5 Å². The van der Waals surface area contributed by atoms with Gasteiger partial charge in [-0.3, -0.25) is 9.59 Å². The number of aryl methyl sites for hydroxylation is 2. The molecule has 1 aromatic heterocycles. The zero-order valence-electron chi connectivity index (χ0n) is 16.9. The van der Waals surface area contributed by atoms with Gasteiger partial charge in [-0.15, -0.1) is 10.2 Å². The first-order chi connectivity index (χ1) is 14.3. The van der Waals surface area contributed by atoms with Crippen LogP contribution in [0.3, 0.4) is 0 Å². The third-order valence-corrected chi connectivity index (χ3v) is 5.45. The van der Waals surface area contributed by atoms with E-state index in [1.807, 2.05) is 32.0 Å². The Balaban J connectivity index is 1.52. The average Bonchev–Trinajstić information content (AvgIpc) is 3.07. The molecule has 0 unspecified atom stereocenters. The third-order valence-electron chi connectivity index (χ3n) is 4.43. The molecule has 156 valence electrons. The number of amides is 2. The lowest BCUT2D eigenvalue weighted by Gasteiger charge is -2.09. The van der Waals surface area contributed by atoms with Crippen LogP contribution in [0.15, 0.2) is 47.6 Å². The zero-order chi connectivity index (χ0) is 21.7. The number of anilines is 1. The summed E-state index contributed by atoms with van der Waals surface area (Å²) >= 11 is 1.26. The number of hydrogen-bond acceptors (Lipinski definition) is 5. The molecule has 0 aliphatic rings. The number of carbonyl (C=O) groups excluding carboxylic acids is 2. The lowest BCUT2D eigenvalue weighted by molar-refractivity contribution is -0.113. The molecule has 0 radical (unpaired) electrons. The summed E-state index contributed by atoms with van der Waals surface area (Å²) in [5.74, 6) is -0.145. The Bertz CT molecular complexity index is 1070. The summed E-state index contributed by atoms with van der Waals surface area (Å²) in [4.78, 5) is 24.4. The van der Waals surface area contributed by atoms with Gasteiger partial charge in [0.25, 0.3) is 5.91 Å². The van der Waals surface area contributed by atoms with Gasteiger partial charge in [0.2, 0.25) is 5.91 Å². The van der Waals surface area contributed by atoms with Crippen LogP contribution < -0.4 is 10.6 Å². The summed E-state index contributed by atoms with van der Waals surface area (Å²) in [5.41, 5.74) is 3.29. The summed E-state index contributed by atoms with van der Waals surface area (Å²) in [5, 5.41) is 14.3. The predicted octanol–water partition coefficient (Wildman–Crippen LogP) is 3.23. The molecule has 0 bridgehead atoms. The maximum absolute atomic E-state index is 13.0. The first-order valence-electron chi connectivity index (χ1n) is 9.25. The van der Waals surface area contributed by atoms with Gasteiger partial charge < -0.3 is 15.2 Å². The molecule has 0 fully saturated rings. The van der Waals surface area contributed by atoms with E-state index in [0.717, 1.165) is 16.8 Å². The highest BCUT2D eigenvalue weighted by molar-refractivity contribution is 7.99. The molecule has 1 heterocycles. The van der Waals surface area contributed by atoms with Crippen molar-refractivity contribution in [3.05, 3.63) is 70.8 Å². The molecule has 7 nitrogen and oxygen atoms in total. The fourth-order valence-electron chi connectivity index (χ4n) is 2.76. The van der Waals surface area contributed by atoms with Crippen LogP contribution in [0, 0.1) is 19.7 Å². The van der Waals surface area contributed by atoms with Crippen molar-refractivity contribution in [1.82, 2.24) is 20.1 Å². The SMILES string of the molecule is Cc1ccc(NC(=O)CSc2nnc(CNC(=O)c3ccc(F)cc3)n2C)c(C)c1. The molecule has 0 saturated carbocycles. The number of halogens is 1. The first kappa shape index (κ1) is 21.5.